The van der Waals surface area contributed by atoms with Gasteiger partial charge in [0.2, 0.25) is 11.8 Å². The normalized spacial score (nSPS) is 28.9. The van der Waals surface area contributed by atoms with Gasteiger partial charge < -0.3 is 15.1 Å². The molecule has 3 saturated heterocycles. The number of anilines is 1. The summed E-state index contributed by atoms with van der Waals surface area (Å²) < 4.78 is 0. The minimum absolute atomic E-state index is 0.00796. The van der Waals surface area contributed by atoms with Crippen LogP contribution in [0.2, 0.25) is 5.02 Å². The number of benzene rings is 1. The molecule has 0 spiro atoms. The molecule has 4 rings (SSSR count). The summed E-state index contributed by atoms with van der Waals surface area (Å²) in [5.74, 6) is 0.313. The van der Waals surface area contributed by atoms with Gasteiger partial charge in [0.1, 0.15) is 0 Å². The van der Waals surface area contributed by atoms with Crippen LogP contribution in [0.1, 0.15) is 38.5 Å². The Balaban J connectivity index is 1.32. The Bertz CT molecular complexity index is 691. The maximum atomic E-state index is 12.7. The van der Waals surface area contributed by atoms with E-state index in [2.05, 4.69) is 10.2 Å². The van der Waals surface area contributed by atoms with Crippen LogP contribution in [0.15, 0.2) is 24.3 Å². The molecule has 3 atom stereocenters. The Morgan fingerprint density at radius 1 is 1.11 bits per heavy atom. The second-order valence-electron chi connectivity index (χ2n) is 8.13. The molecule has 0 radical (unpaired) electrons. The fourth-order valence-electron chi connectivity index (χ4n) is 4.95. The Labute approximate surface area is 166 Å². The van der Waals surface area contributed by atoms with E-state index >= 15 is 0 Å². The Morgan fingerprint density at radius 3 is 2.70 bits per heavy atom. The molecule has 27 heavy (non-hydrogen) atoms. The van der Waals surface area contributed by atoms with Gasteiger partial charge in [-0.1, -0.05) is 18.0 Å². The quantitative estimate of drug-likeness (QED) is 0.861. The summed E-state index contributed by atoms with van der Waals surface area (Å²) in [5, 5.41) is 3.81. The van der Waals surface area contributed by atoms with E-state index in [9.17, 15) is 9.59 Å². The molecule has 0 bridgehead atoms. The molecule has 3 fully saturated rings. The first kappa shape index (κ1) is 18.8. The van der Waals surface area contributed by atoms with Crippen molar-refractivity contribution in [2.75, 3.05) is 31.1 Å². The number of amides is 2. The van der Waals surface area contributed by atoms with Crippen LogP contribution in [0.25, 0.3) is 0 Å². The molecule has 2 amide bonds. The standard InChI is InChI=1S/C21H28ClN3O2/c22-17-6-8-18(9-7-17)25-14-16(12-20(25)26)21(27)23-13-15-4-3-11-24-10-2-1-5-19(15)24/h6-9,15-16,19H,1-5,10-14H2,(H,23,27)/t15-,16+,19-/m0/s1. The highest BCUT2D eigenvalue weighted by Gasteiger charge is 2.37. The highest BCUT2D eigenvalue weighted by molar-refractivity contribution is 6.30. The van der Waals surface area contributed by atoms with Crippen LogP contribution in [0.5, 0.6) is 0 Å². The van der Waals surface area contributed by atoms with Gasteiger partial charge in [-0.05, 0) is 69.0 Å². The topological polar surface area (TPSA) is 52.7 Å². The zero-order chi connectivity index (χ0) is 18.8. The van der Waals surface area contributed by atoms with Gasteiger partial charge in [-0.15, -0.1) is 0 Å². The zero-order valence-electron chi connectivity index (χ0n) is 15.7. The van der Waals surface area contributed by atoms with Crippen molar-refractivity contribution in [3.05, 3.63) is 29.3 Å². The van der Waals surface area contributed by atoms with Gasteiger partial charge in [0.05, 0.1) is 5.92 Å². The summed E-state index contributed by atoms with van der Waals surface area (Å²) in [7, 11) is 0. The number of carbonyl (C=O) groups excluding carboxylic acids is 2. The number of halogens is 1. The molecule has 3 heterocycles. The minimum Gasteiger partial charge on any atom is -0.355 e. The van der Waals surface area contributed by atoms with E-state index in [0.717, 1.165) is 12.2 Å². The summed E-state index contributed by atoms with van der Waals surface area (Å²) >= 11 is 5.93. The molecule has 146 valence electrons. The Morgan fingerprint density at radius 2 is 1.89 bits per heavy atom. The molecular weight excluding hydrogens is 362 g/mol. The molecule has 3 aliphatic rings. The first-order chi connectivity index (χ1) is 13.1. The predicted octanol–water partition coefficient (Wildman–Crippen LogP) is 3.07. The van der Waals surface area contributed by atoms with E-state index in [4.69, 9.17) is 11.6 Å². The van der Waals surface area contributed by atoms with Gasteiger partial charge in [0.15, 0.2) is 0 Å². The first-order valence-electron chi connectivity index (χ1n) is 10.2. The summed E-state index contributed by atoms with van der Waals surface area (Å²) in [6.07, 6.45) is 6.58. The van der Waals surface area contributed by atoms with Crippen LogP contribution in [0.3, 0.4) is 0 Å². The van der Waals surface area contributed by atoms with E-state index in [1.807, 2.05) is 12.1 Å². The van der Waals surface area contributed by atoms with Crippen LogP contribution in [0.4, 0.5) is 5.69 Å². The van der Waals surface area contributed by atoms with Crippen molar-refractivity contribution in [2.45, 2.75) is 44.6 Å². The van der Waals surface area contributed by atoms with Crippen LogP contribution in [-0.4, -0.2) is 48.9 Å². The fraction of sp³-hybridized carbons (Fsp3) is 0.619. The largest absolute Gasteiger partial charge is 0.355 e. The van der Waals surface area contributed by atoms with E-state index in [0.29, 0.717) is 23.5 Å². The van der Waals surface area contributed by atoms with E-state index in [1.165, 1.54) is 45.2 Å². The molecule has 6 heteroatoms. The lowest BCUT2D eigenvalue weighted by Gasteiger charge is -2.44. The van der Waals surface area contributed by atoms with Crippen LogP contribution >= 0.6 is 11.6 Å². The van der Waals surface area contributed by atoms with Gasteiger partial charge in [-0.3, -0.25) is 9.59 Å². The number of fused-ring (bicyclic) bond motifs is 1. The summed E-state index contributed by atoms with van der Waals surface area (Å²) in [5.41, 5.74) is 0.810. The molecule has 1 aromatic carbocycles. The molecule has 5 nitrogen and oxygen atoms in total. The van der Waals surface area contributed by atoms with Gasteiger partial charge in [-0.2, -0.15) is 0 Å². The summed E-state index contributed by atoms with van der Waals surface area (Å²) in [6.45, 7) is 3.61. The number of carbonyl (C=O) groups is 2. The Kier molecular flexibility index (Phi) is 5.69. The molecular formula is C21H28ClN3O2. The average Bonchev–Trinajstić information content (AvgIpc) is 3.08. The van der Waals surface area contributed by atoms with Crippen molar-refractivity contribution < 1.29 is 9.59 Å². The molecule has 3 aliphatic heterocycles. The van der Waals surface area contributed by atoms with Crippen LogP contribution in [-0.2, 0) is 9.59 Å². The fourth-order valence-corrected chi connectivity index (χ4v) is 5.07. The smallest absolute Gasteiger partial charge is 0.227 e. The van der Waals surface area contributed by atoms with Gasteiger partial charge in [0.25, 0.3) is 0 Å². The van der Waals surface area contributed by atoms with Crippen LogP contribution < -0.4 is 10.2 Å². The van der Waals surface area contributed by atoms with E-state index in [-0.39, 0.29) is 24.2 Å². The van der Waals surface area contributed by atoms with Gasteiger partial charge in [0, 0.05) is 36.3 Å². The van der Waals surface area contributed by atoms with Gasteiger partial charge in [-0.25, -0.2) is 0 Å². The monoisotopic (exact) mass is 389 g/mol. The average molecular weight is 390 g/mol. The van der Waals surface area contributed by atoms with Crippen molar-refractivity contribution in [2.24, 2.45) is 11.8 Å². The second kappa shape index (κ2) is 8.19. The number of hydrogen-bond donors (Lipinski definition) is 1. The minimum atomic E-state index is -0.265. The van der Waals surface area contributed by atoms with Crippen molar-refractivity contribution >= 4 is 29.1 Å². The molecule has 1 N–H and O–H groups in total. The number of nitrogens with zero attached hydrogens (tertiary/aromatic N) is 2. The third kappa shape index (κ3) is 4.14. The molecule has 0 unspecified atom stereocenters. The maximum absolute atomic E-state index is 12.7. The number of piperidine rings is 2. The second-order valence-corrected chi connectivity index (χ2v) is 8.56. The lowest BCUT2D eigenvalue weighted by molar-refractivity contribution is -0.126. The highest BCUT2D eigenvalue weighted by atomic mass is 35.5. The van der Waals surface area contributed by atoms with Crippen molar-refractivity contribution in [3.63, 3.8) is 0 Å². The summed E-state index contributed by atoms with van der Waals surface area (Å²) in [6, 6.07) is 7.84. The predicted molar refractivity (Wildman–Crippen MR) is 107 cm³/mol. The molecule has 0 aliphatic carbocycles. The van der Waals surface area contributed by atoms with Gasteiger partial charge >= 0.3 is 0 Å². The number of hydrogen-bond acceptors (Lipinski definition) is 3. The van der Waals surface area contributed by atoms with E-state index < -0.39 is 0 Å². The lowest BCUT2D eigenvalue weighted by Crippen LogP contribution is -2.51. The third-order valence-corrected chi connectivity index (χ3v) is 6.65. The van der Waals surface area contributed by atoms with Crippen molar-refractivity contribution in [1.82, 2.24) is 10.2 Å². The summed E-state index contributed by atoms with van der Waals surface area (Å²) in [4.78, 5) is 29.4. The zero-order valence-corrected chi connectivity index (χ0v) is 16.5. The van der Waals surface area contributed by atoms with E-state index in [1.54, 1.807) is 17.0 Å². The maximum Gasteiger partial charge on any atom is 0.227 e. The van der Waals surface area contributed by atoms with Crippen LogP contribution in [0, 0.1) is 11.8 Å². The highest BCUT2D eigenvalue weighted by Crippen LogP contribution is 2.31. The molecule has 0 saturated carbocycles. The number of rotatable bonds is 4. The molecule has 1 aromatic rings. The third-order valence-electron chi connectivity index (χ3n) is 6.40. The number of nitrogens with one attached hydrogen (secondary N) is 1. The Hall–Kier alpha value is -1.59. The SMILES string of the molecule is O=C(NC[C@@H]1CCCN2CCCC[C@@H]12)[C@@H]1CC(=O)N(c2ccc(Cl)cc2)C1. The first-order valence-corrected chi connectivity index (χ1v) is 10.6. The van der Waals surface area contributed by atoms with Crippen molar-refractivity contribution in [3.8, 4) is 0 Å². The lowest BCUT2D eigenvalue weighted by atomic mass is 9.83. The van der Waals surface area contributed by atoms with Crippen molar-refractivity contribution in [1.29, 1.82) is 0 Å². The molecule has 0 aromatic heterocycles.